The number of pyridine rings is 1. The zero-order chi connectivity index (χ0) is 13.6. The molecular formula is C13H9BrClN3S. The number of nitrogens with zero attached hydrogens (tertiary/aromatic N) is 2. The van der Waals surface area contributed by atoms with E-state index in [1.165, 1.54) is 0 Å². The number of aromatic amines is 1. The number of halogens is 2. The SMILES string of the molecule is Cc1cnc2c(c1)[nH]c(=S)n2-c1ccc(Cl)cc1Br. The molecule has 0 aliphatic rings. The first kappa shape index (κ1) is 12.8. The van der Waals surface area contributed by atoms with Gasteiger partial charge in [0.15, 0.2) is 10.4 Å². The highest BCUT2D eigenvalue weighted by Gasteiger charge is 2.11. The molecule has 0 aliphatic heterocycles. The molecule has 1 N–H and O–H groups in total. The summed E-state index contributed by atoms with van der Waals surface area (Å²) in [5.74, 6) is 0. The normalized spacial score (nSPS) is 11.1. The van der Waals surface area contributed by atoms with E-state index in [1.807, 2.05) is 42.0 Å². The van der Waals surface area contributed by atoms with Crippen molar-refractivity contribution in [2.45, 2.75) is 6.92 Å². The van der Waals surface area contributed by atoms with Crippen molar-refractivity contribution >= 4 is 50.9 Å². The molecule has 0 unspecified atom stereocenters. The van der Waals surface area contributed by atoms with Crippen molar-refractivity contribution in [2.24, 2.45) is 0 Å². The molecule has 0 spiro atoms. The lowest BCUT2D eigenvalue weighted by molar-refractivity contribution is 1.04. The van der Waals surface area contributed by atoms with Crippen molar-refractivity contribution in [3.8, 4) is 5.69 Å². The maximum absolute atomic E-state index is 5.97. The molecule has 1 aromatic carbocycles. The first-order chi connectivity index (χ1) is 9.06. The third kappa shape index (κ3) is 2.22. The van der Waals surface area contributed by atoms with E-state index in [4.69, 9.17) is 23.8 Å². The molecule has 19 heavy (non-hydrogen) atoms. The molecule has 3 nitrogen and oxygen atoms in total. The lowest BCUT2D eigenvalue weighted by Gasteiger charge is -2.07. The van der Waals surface area contributed by atoms with Crippen LogP contribution in [0.3, 0.4) is 0 Å². The Bertz CT molecular complexity index is 838. The maximum atomic E-state index is 5.97. The van der Waals surface area contributed by atoms with Crippen LogP contribution in [0.15, 0.2) is 34.9 Å². The van der Waals surface area contributed by atoms with Gasteiger partial charge in [-0.05, 0) is 64.9 Å². The highest BCUT2D eigenvalue weighted by atomic mass is 79.9. The molecule has 0 radical (unpaired) electrons. The van der Waals surface area contributed by atoms with Gasteiger partial charge in [0.25, 0.3) is 0 Å². The van der Waals surface area contributed by atoms with Gasteiger partial charge in [0.1, 0.15) is 0 Å². The van der Waals surface area contributed by atoms with Gasteiger partial charge in [0, 0.05) is 15.7 Å². The molecule has 3 aromatic rings. The van der Waals surface area contributed by atoms with E-state index in [9.17, 15) is 0 Å². The van der Waals surface area contributed by atoms with E-state index in [-0.39, 0.29) is 0 Å². The number of H-pyrrole nitrogens is 1. The Hall–Kier alpha value is -1.17. The number of rotatable bonds is 1. The molecule has 96 valence electrons. The number of imidazole rings is 1. The summed E-state index contributed by atoms with van der Waals surface area (Å²) in [6.45, 7) is 2.00. The van der Waals surface area contributed by atoms with Gasteiger partial charge in [-0.15, -0.1) is 0 Å². The van der Waals surface area contributed by atoms with Crippen LogP contribution >= 0.6 is 39.7 Å². The topological polar surface area (TPSA) is 33.6 Å². The van der Waals surface area contributed by atoms with Crippen LogP contribution in [0.5, 0.6) is 0 Å². The number of nitrogens with one attached hydrogen (secondary N) is 1. The third-order valence-electron chi connectivity index (χ3n) is 2.81. The van der Waals surface area contributed by atoms with Gasteiger partial charge in [-0.3, -0.25) is 4.57 Å². The van der Waals surface area contributed by atoms with Crippen LogP contribution in [0.4, 0.5) is 0 Å². The number of fused-ring (bicyclic) bond motifs is 1. The lowest BCUT2D eigenvalue weighted by atomic mass is 10.3. The van der Waals surface area contributed by atoms with Crippen molar-refractivity contribution in [1.29, 1.82) is 0 Å². The van der Waals surface area contributed by atoms with Gasteiger partial charge >= 0.3 is 0 Å². The Kier molecular flexibility index (Phi) is 3.20. The smallest absolute Gasteiger partial charge is 0.184 e. The number of aromatic nitrogens is 3. The van der Waals surface area contributed by atoms with E-state index in [1.54, 1.807) is 0 Å². The van der Waals surface area contributed by atoms with Crippen molar-refractivity contribution in [3.63, 3.8) is 0 Å². The van der Waals surface area contributed by atoms with Crippen LogP contribution in [0.25, 0.3) is 16.9 Å². The second-order valence-electron chi connectivity index (χ2n) is 4.25. The number of aryl methyl sites for hydroxylation is 1. The van der Waals surface area contributed by atoms with Crippen LogP contribution < -0.4 is 0 Å². The van der Waals surface area contributed by atoms with E-state index < -0.39 is 0 Å². The molecule has 6 heteroatoms. The molecule has 3 rings (SSSR count). The molecule has 2 aromatic heterocycles. The molecule has 0 fully saturated rings. The van der Waals surface area contributed by atoms with E-state index in [0.717, 1.165) is 26.9 Å². The quantitative estimate of drug-likeness (QED) is 0.636. The van der Waals surface area contributed by atoms with Crippen LogP contribution in [0.1, 0.15) is 5.56 Å². The highest BCUT2D eigenvalue weighted by molar-refractivity contribution is 9.10. The molecule has 0 aliphatic carbocycles. The molecule has 2 heterocycles. The Balaban J connectivity index is 2.36. The fourth-order valence-electron chi connectivity index (χ4n) is 1.99. The van der Waals surface area contributed by atoms with Crippen LogP contribution in [0, 0.1) is 11.7 Å². The van der Waals surface area contributed by atoms with E-state index in [2.05, 4.69) is 25.9 Å². The Morgan fingerprint density at radius 1 is 1.37 bits per heavy atom. The van der Waals surface area contributed by atoms with E-state index >= 15 is 0 Å². The summed E-state index contributed by atoms with van der Waals surface area (Å²) >= 11 is 14.9. The second kappa shape index (κ2) is 4.74. The largest absolute Gasteiger partial charge is 0.329 e. The average molecular weight is 355 g/mol. The Morgan fingerprint density at radius 3 is 2.89 bits per heavy atom. The van der Waals surface area contributed by atoms with Gasteiger partial charge in [0.05, 0.1) is 11.2 Å². The van der Waals surface area contributed by atoms with Gasteiger partial charge in [-0.25, -0.2) is 4.98 Å². The van der Waals surface area contributed by atoms with Gasteiger partial charge in [-0.1, -0.05) is 11.6 Å². The second-order valence-corrected chi connectivity index (χ2v) is 5.92. The van der Waals surface area contributed by atoms with Crippen molar-refractivity contribution in [3.05, 3.63) is 50.3 Å². The minimum atomic E-state index is 0.608. The summed E-state index contributed by atoms with van der Waals surface area (Å²) in [5.41, 5.74) is 3.73. The minimum absolute atomic E-state index is 0.608. The van der Waals surface area contributed by atoms with Gasteiger partial charge < -0.3 is 4.98 Å². The number of benzene rings is 1. The zero-order valence-electron chi connectivity index (χ0n) is 9.95. The standard InChI is InChI=1S/C13H9BrClN3S/c1-7-4-10-12(16-6-7)18(13(19)17-10)11-3-2-8(15)5-9(11)14/h2-6H,1H3,(H,17,19). The summed E-state index contributed by atoms with van der Waals surface area (Å²) < 4.78 is 3.38. The summed E-state index contributed by atoms with van der Waals surface area (Å²) in [7, 11) is 0. The first-order valence-corrected chi connectivity index (χ1v) is 7.17. The van der Waals surface area contributed by atoms with Crippen molar-refractivity contribution in [1.82, 2.24) is 14.5 Å². The molecule has 0 bridgehead atoms. The average Bonchev–Trinajstić information content (AvgIpc) is 2.65. The molecular weight excluding hydrogens is 346 g/mol. The Morgan fingerprint density at radius 2 is 2.16 bits per heavy atom. The van der Waals surface area contributed by atoms with Crippen LogP contribution in [0.2, 0.25) is 5.02 Å². The summed E-state index contributed by atoms with van der Waals surface area (Å²) in [6.07, 6.45) is 1.82. The van der Waals surface area contributed by atoms with Crippen LogP contribution in [-0.4, -0.2) is 14.5 Å². The predicted molar refractivity (Wildman–Crippen MR) is 83.7 cm³/mol. The number of hydrogen-bond acceptors (Lipinski definition) is 2. The molecule has 0 saturated carbocycles. The summed E-state index contributed by atoms with van der Waals surface area (Å²) in [6, 6.07) is 7.61. The summed E-state index contributed by atoms with van der Waals surface area (Å²) in [5, 5.41) is 0.672. The fourth-order valence-corrected chi connectivity index (χ4v) is 3.14. The maximum Gasteiger partial charge on any atom is 0.184 e. The zero-order valence-corrected chi connectivity index (χ0v) is 13.1. The lowest BCUT2D eigenvalue weighted by Crippen LogP contribution is -1.96. The van der Waals surface area contributed by atoms with Crippen LogP contribution in [-0.2, 0) is 0 Å². The molecule has 0 atom stereocenters. The van der Waals surface area contributed by atoms with Crippen molar-refractivity contribution < 1.29 is 0 Å². The van der Waals surface area contributed by atoms with Gasteiger partial charge in [-0.2, -0.15) is 0 Å². The first-order valence-electron chi connectivity index (χ1n) is 5.59. The van der Waals surface area contributed by atoms with Gasteiger partial charge in [0.2, 0.25) is 0 Å². The molecule has 0 saturated heterocycles. The minimum Gasteiger partial charge on any atom is -0.329 e. The summed E-state index contributed by atoms with van der Waals surface area (Å²) in [4.78, 5) is 7.62. The van der Waals surface area contributed by atoms with E-state index in [0.29, 0.717) is 9.79 Å². The fraction of sp³-hybridized carbons (Fsp3) is 0.0769. The highest BCUT2D eigenvalue weighted by Crippen LogP contribution is 2.27. The Labute approximate surface area is 128 Å². The number of hydrogen-bond donors (Lipinski definition) is 1. The molecule has 0 amide bonds. The third-order valence-corrected chi connectivity index (χ3v) is 3.97. The van der Waals surface area contributed by atoms with Crippen molar-refractivity contribution in [2.75, 3.05) is 0 Å². The monoisotopic (exact) mass is 353 g/mol. The predicted octanol–water partition coefficient (Wildman–Crippen LogP) is 4.81.